The van der Waals surface area contributed by atoms with E-state index in [9.17, 15) is 4.79 Å². The lowest BCUT2D eigenvalue weighted by molar-refractivity contribution is -0.136. The number of carboxylic acids is 1. The molecule has 6 nitrogen and oxygen atoms in total. The lowest BCUT2D eigenvalue weighted by atomic mass is 10.1. The summed E-state index contributed by atoms with van der Waals surface area (Å²) in [7, 11) is 0. The van der Waals surface area contributed by atoms with Gasteiger partial charge in [-0.2, -0.15) is 4.98 Å². The molecule has 2 rings (SSSR count). The fourth-order valence-electron chi connectivity index (χ4n) is 1.71. The second-order valence-electron chi connectivity index (χ2n) is 4.18. The van der Waals surface area contributed by atoms with Crippen molar-refractivity contribution in [3.63, 3.8) is 0 Å². The number of ether oxygens (including phenoxy) is 1. The lowest BCUT2D eigenvalue weighted by Crippen LogP contribution is -2.02. The van der Waals surface area contributed by atoms with Crippen LogP contribution in [0, 0.1) is 13.8 Å². The number of hydrogen-bond donors (Lipinski definition) is 1. The molecule has 0 amide bonds. The molecule has 0 radical (unpaired) electrons. The molecule has 0 bridgehead atoms. The molecule has 0 fully saturated rings. The zero-order valence-electron chi connectivity index (χ0n) is 10.7. The summed E-state index contributed by atoms with van der Waals surface area (Å²) in [6.45, 7) is 4.05. The second kappa shape index (κ2) is 5.51. The number of hydrogen-bond acceptors (Lipinski definition) is 5. The van der Waals surface area contributed by atoms with Crippen LogP contribution in [-0.2, 0) is 17.8 Å². The summed E-state index contributed by atoms with van der Waals surface area (Å²) in [6, 6.07) is 5.86. The van der Waals surface area contributed by atoms with Crippen molar-refractivity contribution in [1.29, 1.82) is 0 Å². The normalized spacial score (nSPS) is 10.4. The fraction of sp³-hybridized carbons (Fsp3) is 0.308. The monoisotopic (exact) mass is 262 g/mol. The topological polar surface area (TPSA) is 85.5 Å². The Morgan fingerprint density at radius 2 is 2.05 bits per heavy atom. The molecule has 6 heteroatoms. The summed E-state index contributed by atoms with van der Waals surface area (Å²) in [5.74, 6) is 0.185. The number of aryl methyl sites for hydroxylation is 2. The van der Waals surface area contributed by atoms with Crippen molar-refractivity contribution in [2.24, 2.45) is 0 Å². The summed E-state index contributed by atoms with van der Waals surface area (Å²) < 4.78 is 10.4. The maximum absolute atomic E-state index is 10.5. The Kier molecular flexibility index (Phi) is 3.79. The summed E-state index contributed by atoms with van der Waals surface area (Å²) in [5, 5.41) is 12.3. The fourth-order valence-corrected chi connectivity index (χ4v) is 1.71. The molecule has 0 atom stereocenters. The number of nitrogens with zero attached hydrogens (tertiary/aromatic N) is 2. The number of para-hydroxylation sites is 1. The van der Waals surface area contributed by atoms with E-state index in [0.717, 1.165) is 16.9 Å². The standard InChI is InChI=1S/C13H14N2O4/c1-8-4-3-5-9(2)13(8)18-7-10-14-11(19-15-10)6-12(16)17/h3-5H,6-7H2,1-2H3,(H,16,17). The molecule has 1 aromatic heterocycles. The Balaban J connectivity index is 2.02. The van der Waals surface area contributed by atoms with Crippen LogP contribution in [0.5, 0.6) is 5.75 Å². The minimum absolute atomic E-state index is 0.0765. The highest BCUT2D eigenvalue weighted by atomic mass is 16.5. The molecule has 0 aliphatic rings. The van der Waals surface area contributed by atoms with Crippen molar-refractivity contribution < 1.29 is 19.2 Å². The molecule has 100 valence electrons. The van der Waals surface area contributed by atoms with Crippen LogP contribution < -0.4 is 4.74 Å². The molecule has 2 aromatic rings. The smallest absolute Gasteiger partial charge is 0.312 e. The van der Waals surface area contributed by atoms with Crippen LogP contribution in [0.2, 0.25) is 0 Å². The van der Waals surface area contributed by atoms with Crippen molar-refractivity contribution in [1.82, 2.24) is 10.1 Å². The molecular formula is C13H14N2O4. The van der Waals surface area contributed by atoms with Gasteiger partial charge in [-0.15, -0.1) is 0 Å². The van der Waals surface area contributed by atoms with E-state index in [-0.39, 0.29) is 18.9 Å². The van der Waals surface area contributed by atoms with Crippen molar-refractivity contribution in [3.05, 3.63) is 41.0 Å². The van der Waals surface area contributed by atoms with E-state index >= 15 is 0 Å². The number of rotatable bonds is 5. The van der Waals surface area contributed by atoms with E-state index in [1.165, 1.54) is 0 Å². The van der Waals surface area contributed by atoms with Gasteiger partial charge in [0.25, 0.3) is 0 Å². The first-order valence-electron chi connectivity index (χ1n) is 5.78. The first-order valence-corrected chi connectivity index (χ1v) is 5.78. The SMILES string of the molecule is Cc1cccc(C)c1OCc1noc(CC(=O)O)n1. The second-order valence-corrected chi connectivity index (χ2v) is 4.18. The van der Waals surface area contributed by atoms with Gasteiger partial charge >= 0.3 is 5.97 Å². The first-order chi connectivity index (χ1) is 9.06. The largest absolute Gasteiger partial charge is 0.485 e. The minimum atomic E-state index is -1.01. The molecule has 1 N–H and O–H groups in total. The Hall–Kier alpha value is -2.37. The van der Waals surface area contributed by atoms with Gasteiger partial charge in [0.1, 0.15) is 12.2 Å². The van der Waals surface area contributed by atoms with E-state index in [1.807, 2.05) is 32.0 Å². The number of carbonyl (C=O) groups is 1. The van der Waals surface area contributed by atoms with Crippen LogP contribution in [0.1, 0.15) is 22.8 Å². The van der Waals surface area contributed by atoms with Gasteiger partial charge in [0.2, 0.25) is 11.7 Å². The molecule has 0 spiro atoms. The zero-order valence-corrected chi connectivity index (χ0v) is 10.7. The third kappa shape index (κ3) is 3.31. The van der Waals surface area contributed by atoms with Gasteiger partial charge < -0.3 is 14.4 Å². The molecule has 0 saturated heterocycles. The molecule has 0 aliphatic heterocycles. The molecule has 0 saturated carbocycles. The molecular weight excluding hydrogens is 248 g/mol. The predicted molar refractivity (Wildman–Crippen MR) is 65.9 cm³/mol. The van der Waals surface area contributed by atoms with E-state index in [1.54, 1.807) is 0 Å². The summed E-state index contributed by atoms with van der Waals surface area (Å²) in [6.07, 6.45) is -0.281. The van der Waals surface area contributed by atoms with Gasteiger partial charge in [-0.25, -0.2) is 0 Å². The lowest BCUT2D eigenvalue weighted by Gasteiger charge is -2.09. The number of aromatic nitrogens is 2. The van der Waals surface area contributed by atoms with Crippen molar-refractivity contribution in [2.45, 2.75) is 26.9 Å². The minimum Gasteiger partial charge on any atom is -0.485 e. The Morgan fingerprint density at radius 1 is 1.37 bits per heavy atom. The Labute approximate surface area is 110 Å². The van der Waals surface area contributed by atoms with Gasteiger partial charge in [-0.05, 0) is 25.0 Å². The van der Waals surface area contributed by atoms with E-state index in [4.69, 9.17) is 14.4 Å². The third-order valence-electron chi connectivity index (χ3n) is 2.57. The molecule has 19 heavy (non-hydrogen) atoms. The van der Waals surface area contributed by atoms with Gasteiger partial charge in [-0.3, -0.25) is 4.79 Å². The molecule has 0 unspecified atom stereocenters. The van der Waals surface area contributed by atoms with E-state index < -0.39 is 5.97 Å². The van der Waals surface area contributed by atoms with Crippen LogP contribution in [0.3, 0.4) is 0 Å². The maximum atomic E-state index is 10.5. The molecule has 0 aliphatic carbocycles. The van der Waals surface area contributed by atoms with Gasteiger partial charge in [0, 0.05) is 0 Å². The average Bonchev–Trinajstić information content (AvgIpc) is 2.75. The number of benzene rings is 1. The van der Waals surface area contributed by atoms with Crippen LogP contribution in [0.15, 0.2) is 22.7 Å². The van der Waals surface area contributed by atoms with Crippen LogP contribution in [0.25, 0.3) is 0 Å². The highest BCUT2D eigenvalue weighted by Gasteiger charge is 2.11. The average molecular weight is 262 g/mol. The summed E-state index contributed by atoms with van der Waals surface area (Å²) in [4.78, 5) is 14.4. The van der Waals surface area contributed by atoms with Gasteiger partial charge in [-0.1, -0.05) is 23.4 Å². The van der Waals surface area contributed by atoms with Crippen molar-refractivity contribution in [3.8, 4) is 5.75 Å². The number of aliphatic carboxylic acids is 1. The first kappa shape index (κ1) is 13.1. The van der Waals surface area contributed by atoms with Crippen LogP contribution >= 0.6 is 0 Å². The van der Waals surface area contributed by atoms with E-state index in [0.29, 0.717) is 5.82 Å². The third-order valence-corrected chi connectivity index (χ3v) is 2.57. The maximum Gasteiger partial charge on any atom is 0.312 e. The highest BCUT2D eigenvalue weighted by molar-refractivity contribution is 5.68. The zero-order chi connectivity index (χ0) is 13.8. The Bertz CT molecular complexity index is 572. The van der Waals surface area contributed by atoms with Crippen LogP contribution in [0.4, 0.5) is 0 Å². The van der Waals surface area contributed by atoms with Gasteiger partial charge in [0.05, 0.1) is 0 Å². The molecule has 1 aromatic carbocycles. The van der Waals surface area contributed by atoms with Crippen LogP contribution in [-0.4, -0.2) is 21.2 Å². The van der Waals surface area contributed by atoms with E-state index in [2.05, 4.69) is 10.1 Å². The molecule has 1 heterocycles. The number of carboxylic acid groups (broad SMARTS) is 1. The summed E-state index contributed by atoms with van der Waals surface area (Å²) >= 11 is 0. The predicted octanol–water partition coefficient (Wildman–Crippen LogP) is 1.89. The quantitative estimate of drug-likeness (QED) is 0.885. The van der Waals surface area contributed by atoms with Gasteiger partial charge in [0.15, 0.2) is 6.61 Å². The Morgan fingerprint density at radius 3 is 2.68 bits per heavy atom. The summed E-state index contributed by atoms with van der Waals surface area (Å²) in [5.41, 5.74) is 2.04. The highest BCUT2D eigenvalue weighted by Crippen LogP contribution is 2.23. The van der Waals surface area contributed by atoms with Crippen molar-refractivity contribution >= 4 is 5.97 Å². The van der Waals surface area contributed by atoms with Crippen molar-refractivity contribution in [2.75, 3.05) is 0 Å².